The molecule has 3 heteroatoms. The molecule has 1 heterocycles. The van der Waals surface area contributed by atoms with E-state index >= 15 is 0 Å². The van der Waals surface area contributed by atoms with E-state index in [2.05, 4.69) is 53.0 Å². The first kappa shape index (κ1) is 13.7. The molecule has 1 aromatic carbocycles. The number of nitrogens with zero attached hydrogens (tertiary/aromatic N) is 2. The van der Waals surface area contributed by atoms with Crippen molar-refractivity contribution in [3.63, 3.8) is 0 Å². The average Bonchev–Trinajstić information content (AvgIpc) is 2.86. The molecule has 3 nitrogen and oxygen atoms in total. The van der Waals surface area contributed by atoms with E-state index in [1.54, 1.807) is 0 Å². The van der Waals surface area contributed by atoms with E-state index in [1.807, 2.05) is 12.4 Å². The summed E-state index contributed by atoms with van der Waals surface area (Å²) >= 11 is 0. The summed E-state index contributed by atoms with van der Waals surface area (Å²) in [5.41, 5.74) is 2.78. The molecule has 0 spiro atoms. The summed E-state index contributed by atoms with van der Waals surface area (Å²) in [6.45, 7) is 6.34. The predicted molar refractivity (Wildman–Crippen MR) is 80.5 cm³/mol. The number of imidazole rings is 1. The van der Waals surface area contributed by atoms with Crippen LogP contribution in [0.25, 0.3) is 0 Å². The molecule has 2 aromatic rings. The predicted octanol–water partition coefficient (Wildman–Crippen LogP) is 3.65. The second kappa shape index (κ2) is 6.98. The number of benzene rings is 1. The molecule has 0 aliphatic carbocycles. The summed E-state index contributed by atoms with van der Waals surface area (Å²) in [6.07, 6.45) is 7.35. The first-order chi connectivity index (χ1) is 9.31. The van der Waals surface area contributed by atoms with Gasteiger partial charge in [0.05, 0.1) is 0 Å². The normalized spacial score (nSPS) is 10.6. The van der Waals surface area contributed by atoms with E-state index in [0.29, 0.717) is 0 Å². The molecule has 0 bridgehead atoms. The topological polar surface area (TPSA) is 29.9 Å². The van der Waals surface area contributed by atoms with Crippen LogP contribution in [0.1, 0.15) is 30.9 Å². The second-order valence-corrected chi connectivity index (χ2v) is 4.90. The van der Waals surface area contributed by atoms with E-state index in [1.165, 1.54) is 24.0 Å². The molecule has 1 N–H and O–H groups in total. The number of anilines is 1. The van der Waals surface area contributed by atoms with Gasteiger partial charge in [0.1, 0.15) is 0 Å². The molecule has 102 valence electrons. The van der Waals surface area contributed by atoms with Crippen LogP contribution in [0.3, 0.4) is 0 Å². The molecule has 0 fully saturated rings. The third-order valence-electron chi connectivity index (χ3n) is 3.41. The lowest BCUT2D eigenvalue weighted by Gasteiger charge is -2.10. The molecule has 0 atom stereocenters. The molecular formula is C16H23N3. The number of unbranched alkanes of at least 4 members (excludes halogenated alkanes) is 1. The Labute approximate surface area is 115 Å². The van der Waals surface area contributed by atoms with Crippen LogP contribution in [0.15, 0.2) is 36.7 Å². The Kier molecular flexibility index (Phi) is 5.01. The number of hydrogen-bond donors (Lipinski definition) is 1. The minimum absolute atomic E-state index is 0.972. The monoisotopic (exact) mass is 257 g/mol. The van der Waals surface area contributed by atoms with Crippen molar-refractivity contribution in [1.29, 1.82) is 0 Å². The summed E-state index contributed by atoms with van der Waals surface area (Å²) in [7, 11) is 0. The van der Waals surface area contributed by atoms with Gasteiger partial charge in [-0.15, -0.1) is 0 Å². The Bertz CT molecular complexity index is 502. The zero-order valence-corrected chi connectivity index (χ0v) is 11.9. The first-order valence-corrected chi connectivity index (χ1v) is 7.10. The quantitative estimate of drug-likeness (QED) is 0.767. The van der Waals surface area contributed by atoms with Crippen molar-refractivity contribution in [3.05, 3.63) is 47.8 Å². The first-order valence-electron chi connectivity index (χ1n) is 7.10. The highest BCUT2D eigenvalue weighted by molar-refractivity contribution is 5.28. The highest BCUT2D eigenvalue weighted by Crippen LogP contribution is 2.11. The lowest BCUT2D eigenvalue weighted by atomic mass is 10.1. The summed E-state index contributed by atoms with van der Waals surface area (Å²) in [4.78, 5) is 4.37. The highest BCUT2D eigenvalue weighted by Gasteiger charge is 2.03. The molecule has 0 aliphatic heterocycles. The van der Waals surface area contributed by atoms with Crippen molar-refractivity contribution < 1.29 is 0 Å². The Hall–Kier alpha value is -1.77. The van der Waals surface area contributed by atoms with Crippen molar-refractivity contribution in [2.45, 2.75) is 39.7 Å². The number of nitrogens with one attached hydrogen (secondary N) is 1. The number of aromatic nitrogens is 2. The maximum atomic E-state index is 4.37. The van der Waals surface area contributed by atoms with Gasteiger partial charge in [-0.3, -0.25) is 0 Å². The molecule has 0 amide bonds. The zero-order chi connectivity index (χ0) is 13.5. The Balaban J connectivity index is 1.93. The molecule has 0 saturated carbocycles. The zero-order valence-electron chi connectivity index (χ0n) is 11.9. The van der Waals surface area contributed by atoms with Crippen molar-refractivity contribution >= 4 is 5.95 Å². The maximum Gasteiger partial charge on any atom is 0.202 e. The fraction of sp³-hybridized carbons (Fsp3) is 0.438. The van der Waals surface area contributed by atoms with Crippen LogP contribution < -0.4 is 5.32 Å². The van der Waals surface area contributed by atoms with E-state index < -0.39 is 0 Å². The average molecular weight is 257 g/mol. The SMILES string of the molecule is CCCCNc1nccn1CCc1ccccc1C. The third-order valence-corrected chi connectivity index (χ3v) is 3.41. The van der Waals surface area contributed by atoms with E-state index in [0.717, 1.165) is 25.5 Å². The maximum absolute atomic E-state index is 4.37. The van der Waals surface area contributed by atoms with Gasteiger partial charge in [-0.25, -0.2) is 4.98 Å². The number of hydrogen-bond acceptors (Lipinski definition) is 2. The number of rotatable bonds is 7. The highest BCUT2D eigenvalue weighted by atomic mass is 15.2. The molecule has 0 radical (unpaired) electrons. The summed E-state index contributed by atoms with van der Waals surface area (Å²) in [5.74, 6) is 0.988. The molecule has 0 saturated heterocycles. The Morgan fingerprint density at radius 1 is 1.26 bits per heavy atom. The fourth-order valence-corrected chi connectivity index (χ4v) is 2.17. The van der Waals surface area contributed by atoms with Crippen LogP contribution in [0.5, 0.6) is 0 Å². The van der Waals surface area contributed by atoms with Crippen molar-refractivity contribution in [2.75, 3.05) is 11.9 Å². The van der Waals surface area contributed by atoms with Crippen molar-refractivity contribution in [2.24, 2.45) is 0 Å². The molecule has 19 heavy (non-hydrogen) atoms. The Morgan fingerprint density at radius 3 is 2.89 bits per heavy atom. The van der Waals surface area contributed by atoms with Crippen LogP contribution >= 0.6 is 0 Å². The minimum Gasteiger partial charge on any atom is -0.356 e. The summed E-state index contributed by atoms with van der Waals surface area (Å²) in [6, 6.07) is 8.57. The van der Waals surface area contributed by atoms with Crippen LogP contribution in [-0.2, 0) is 13.0 Å². The van der Waals surface area contributed by atoms with Crippen LogP contribution in [0, 0.1) is 6.92 Å². The van der Waals surface area contributed by atoms with E-state index in [4.69, 9.17) is 0 Å². The molecular weight excluding hydrogens is 234 g/mol. The fourth-order valence-electron chi connectivity index (χ4n) is 2.17. The van der Waals surface area contributed by atoms with E-state index in [-0.39, 0.29) is 0 Å². The van der Waals surface area contributed by atoms with Crippen molar-refractivity contribution in [1.82, 2.24) is 9.55 Å². The third kappa shape index (κ3) is 3.85. The largest absolute Gasteiger partial charge is 0.356 e. The standard InChI is InChI=1S/C16H23N3/c1-3-4-10-17-16-18-11-13-19(16)12-9-15-8-6-5-7-14(15)2/h5-8,11,13H,3-4,9-10,12H2,1-2H3,(H,17,18). The lowest BCUT2D eigenvalue weighted by molar-refractivity contribution is 0.693. The van der Waals surface area contributed by atoms with Gasteiger partial charge in [-0.2, -0.15) is 0 Å². The van der Waals surface area contributed by atoms with E-state index in [9.17, 15) is 0 Å². The van der Waals surface area contributed by atoms with Crippen LogP contribution in [0.4, 0.5) is 5.95 Å². The van der Waals surface area contributed by atoms with Gasteiger partial charge in [0.2, 0.25) is 5.95 Å². The molecule has 1 aromatic heterocycles. The van der Waals surface area contributed by atoms with Crippen molar-refractivity contribution in [3.8, 4) is 0 Å². The van der Waals surface area contributed by atoms with Gasteiger partial charge >= 0.3 is 0 Å². The van der Waals surface area contributed by atoms with Gasteiger partial charge in [-0.05, 0) is 30.9 Å². The minimum atomic E-state index is 0.972. The lowest BCUT2D eigenvalue weighted by Crippen LogP contribution is -2.10. The summed E-state index contributed by atoms with van der Waals surface area (Å²) < 4.78 is 2.20. The van der Waals surface area contributed by atoms with Gasteiger partial charge in [0.15, 0.2) is 0 Å². The number of aryl methyl sites for hydroxylation is 3. The molecule has 0 unspecified atom stereocenters. The van der Waals surface area contributed by atoms with Gasteiger partial charge < -0.3 is 9.88 Å². The van der Waals surface area contributed by atoms with Gasteiger partial charge in [0.25, 0.3) is 0 Å². The van der Waals surface area contributed by atoms with Crippen LogP contribution in [-0.4, -0.2) is 16.1 Å². The molecule has 0 aliphatic rings. The van der Waals surface area contributed by atoms with Gasteiger partial charge in [0, 0.05) is 25.5 Å². The smallest absolute Gasteiger partial charge is 0.202 e. The van der Waals surface area contributed by atoms with Crippen LogP contribution in [0.2, 0.25) is 0 Å². The second-order valence-electron chi connectivity index (χ2n) is 4.90. The summed E-state index contributed by atoms with van der Waals surface area (Å²) in [5, 5.41) is 3.40. The molecule has 2 rings (SSSR count). The van der Waals surface area contributed by atoms with Gasteiger partial charge in [-0.1, -0.05) is 37.6 Å². The Morgan fingerprint density at radius 2 is 2.11 bits per heavy atom.